The van der Waals surface area contributed by atoms with Gasteiger partial charge in [-0.05, 0) is 31.4 Å². The van der Waals surface area contributed by atoms with E-state index in [1.165, 1.54) is 11.8 Å². The van der Waals surface area contributed by atoms with Gasteiger partial charge in [0.25, 0.3) is 0 Å². The molecule has 1 aromatic carbocycles. The van der Waals surface area contributed by atoms with E-state index >= 15 is 0 Å². The minimum atomic E-state index is 0.311. The lowest BCUT2D eigenvalue weighted by Gasteiger charge is -2.35. The SMILES string of the molecule is O=C(CN1CCN(Cc2cc3ccccc3o2)CC1)N1CCCCC1. The van der Waals surface area contributed by atoms with Crippen molar-refractivity contribution in [2.45, 2.75) is 25.8 Å². The third-order valence-electron chi connectivity index (χ3n) is 5.39. The minimum Gasteiger partial charge on any atom is -0.460 e. The van der Waals surface area contributed by atoms with Crippen molar-refractivity contribution in [2.75, 3.05) is 45.8 Å². The van der Waals surface area contributed by atoms with Gasteiger partial charge in [0.2, 0.25) is 5.91 Å². The minimum absolute atomic E-state index is 0.311. The average molecular weight is 341 g/mol. The van der Waals surface area contributed by atoms with Gasteiger partial charge in [-0.1, -0.05) is 18.2 Å². The van der Waals surface area contributed by atoms with E-state index in [1.807, 2.05) is 23.1 Å². The summed E-state index contributed by atoms with van der Waals surface area (Å²) in [6, 6.07) is 10.3. The topological polar surface area (TPSA) is 39.9 Å². The first-order valence-corrected chi connectivity index (χ1v) is 9.48. The van der Waals surface area contributed by atoms with Crippen molar-refractivity contribution in [3.05, 3.63) is 36.1 Å². The molecule has 3 heterocycles. The van der Waals surface area contributed by atoms with Crippen LogP contribution in [-0.2, 0) is 11.3 Å². The van der Waals surface area contributed by atoms with Crippen LogP contribution in [0, 0.1) is 0 Å². The number of likely N-dealkylation sites (tertiary alicyclic amines) is 1. The molecule has 2 aromatic rings. The molecule has 4 rings (SSSR count). The van der Waals surface area contributed by atoms with Crippen molar-refractivity contribution in [3.63, 3.8) is 0 Å². The fourth-order valence-electron chi connectivity index (χ4n) is 3.88. The second kappa shape index (κ2) is 7.58. The van der Waals surface area contributed by atoms with Gasteiger partial charge in [-0.3, -0.25) is 14.6 Å². The summed E-state index contributed by atoms with van der Waals surface area (Å²) in [7, 11) is 0. The number of piperazine rings is 1. The van der Waals surface area contributed by atoms with Crippen LogP contribution in [0.5, 0.6) is 0 Å². The van der Waals surface area contributed by atoms with E-state index < -0.39 is 0 Å². The Balaban J connectivity index is 1.25. The van der Waals surface area contributed by atoms with Gasteiger partial charge in [-0.15, -0.1) is 0 Å². The average Bonchev–Trinajstić information content (AvgIpc) is 3.06. The lowest BCUT2D eigenvalue weighted by molar-refractivity contribution is -0.133. The monoisotopic (exact) mass is 341 g/mol. The Morgan fingerprint density at radius 2 is 1.64 bits per heavy atom. The molecule has 0 bridgehead atoms. The zero-order chi connectivity index (χ0) is 17.1. The number of hydrogen-bond acceptors (Lipinski definition) is 4. The number of carbonyl (C=O) groups is 1. The molecule has 134 valence electrons. The van der Waals surface area contributed by atoms with Gasteiger partial charge < -0.3 is 9.32 Å². The van der Waals surface area contributed by atoms with Crippen molar-refractivity contribution in [1.82, 2.24) is 14.7 Å². The Bertz CT molecular complexity index is 680. The van der Waals surface area contributed by atoms with E-state index in [9.17, 15) is 4.79 Å². The molecule has 2 aliphatic heterocycles. The number of piperidine rings is 1. The highest BCUT2D eigenvalue weighted by Crippen LogP contribution is 2.20. The maximum absolute atomic E-state index is 12.4. The Morgan fingerprint density at radius 1 is 0.920 bits per heavy atom. The molecular weight excluding hydrogens is 314 g/mol. The number of para-hydroxylation sites is 1. The number of rotatable bonds is 4. The van der Waals surface area contributed by atoms with Gasteiger partial charge in [0.05, 0.1) is 13.1 Å². The molecular formula is C20H27N3O2. The van der Waals surface area contributed by atoms with E-state index in [1.54, 1.807) is 0 Å². The molecule has 2 saturated heterocycles. The molecule has 0 aliphatic carbocycles. The summed E-state index contributed by atoms with van der Waals surface area (Å²) < 4.78 is 5.93. The molecule has 0 N–H and O–H groups in total. The first-order valence-electron chi connectivity index (χ1n) is 9.48. The van der Waals surface area contributed by atoms with Gasteiger partial charge in [0.1, 0.15) is 11.3 Å². The molecule has 2 aliphatic rings. The second-order valence-electron chi connectivity index (χ2n) is 7.24. The van der Waals surface area contributed by atoms with Crippen LogP contribution >= 0.6 is 0 Å². The first-order chi connectivity index (χ1) is 12.3. The first kappa shape index (κ1) is 16.6. The number of carbonyl (C=O) groups excluding carboxylic acids is 1. The summed E-state index contributed by atoms with van der Waals surface area (Å²) in [5, 5.41) is 1.17. The van der Waals surface area contributed by atoms with Crippen LogP contribution in [-0.4, -0.2) is 66.4 Å². The summed E-state index contributed by atoms with van der Waals surface area (Å²) in [5.41, 5.74) is 0.961. The highest BCUT2D eigenvalue weighted by molar-refractivity contribution is 5.78. The van der Waals surface area contributed by atoms with Crippen molar-refractivity contribution >= 4 is 16.9 Å². The molecule has 1 amide bonds. The van der Waals surface area contributed by atoms with E-state index in [4.69, 9.17) is 4.42 Å². The van der Waals surface area contributed by atoms with Crippen LogP contribution in [0.1, 0.15) is 25.0 Å². The molecule has 0 unspecified atom stereocenters. The Hall–Kier alpha value is -1.85. The number of fused-ring (bicyclic) bond motifs is 1. The van der Waals surface area contributed by atoms with Crippen molar-refractivity contribution in [2.24, 2.45) is 0 Å². The number of amides is 1. The smallest absolute Gasteiger partial charge is 0.236 e. The predicted octanol–water partition coefficient (Wildman–Crippen LogP) is 2.56. The number of furan rings is 1. The predicted molar refractivity (Wildman–Crippen MR) is 98.4 cm³/mol. The molecule has 0 saturated carbocycles. The molecule has 25 heavy (non-hydrogen) atoms. The van der Waals surface area contributed by atoms with Crippen molar-refractivity contribution in [1.29, 1.82) is 0 Å². The van der Waals surface area contributed by atoms with E-state index in [2.05, 4.69) is 21.9 Å². The second-order valence-corrected chi connectivity index (χ2v) is 7.24. The highest BCUT2D eigenvalue weighted by Gasteiger charge is 2.23. The third-order valence-corrected chi connectivity index (χ3v) is 5.39. The fourth-order valence-corrected chi connectivity index (χ4v) is 3.88. The summed E-state index contributed by atoms with van der Waals surface area (Å²) in [6.45, 7) is 7.23. The highest BCUT2D eigenvalue weighted by atomic mass is 16.3. The van der Waals surface area contributed by atoms with Crippen LogP contribution in [0.15, 0.2) is 34.7 Å². The molecule has 0 radical (unpaired) electrons. The lowest BCUT2D eigenvalue weighted by atomic mass is 10.1. The van der Waals surface area contributed by atoms with Crippen LogP contribution in [0.4, 0.5) is 0 Å². The summed E-state index contributed by atoms with van der Waals surface area (Å²) >= 11 is 0. The van der Waals surface area contributed by atoms with Gasteiger partial charge in [-0.25, -0.2) is 0 Å². The van der Waals surface area contributed by atoms with Crippen LogP contribution in [0.25, 0.3) is 11.0 Å². The van der Waals surface area contributed by atoms with Crippen LogP contribution < -0.4 is 0 Å². The molecule has 5 heteroatoms. The number of benzene rings is 1. The molecule has 5 nitrogen and oxygen atoms in total. The van der Waals surface area contributed by atoms with Gasteiger partial charge in [0.15, 0.2) is 0 Å². The number of hydrogen-bond donors (Lipinski definition) is 0. The quantitative estimate of drug-likeness (QED) is 0.857. The van der Waals surface area contributed by atoms with Crippen LogP contribution in [0.3, 0.4) is 0 Å². The lowest BCUT2D eigenvalue weighted by Crippen LogP contribution is -2.50. The van der Waals surface area contributed by atoms with E-state index in [0.717, 1.165) is 70.0 Å². The van der Waals surface area contributed by atoms with Crippen molar-refractivity contribution in [3.8, 4) is 0 Å². The largest absolute Gasteiger partial charge is 0.460 e. The Kier molecular flexibility index (Phi) is 5.04. The van der Waals surface area contributed by atoms with E-state index in [0.29, 0.717) is 12.5 Å². The van der Waals surface area contributed by atoms with Crippen LogP contribution in [0.2, 0.25) is 0 Å². The Labute approximate surface area is 149 Å². The van der Waals surface area contributed by atoms with E-state index in [-0.39, 0.29) is 0 Å². The Morgan fingerprint density at radius 3 is 2.40 bits per heavy atom. The zero-order valence-corrected chi connectivity index (χ0v) is 14.8. The zero-order valence-electron chi connectivity index (χ0n) is 14.8. The molecule has 2 fully saturated rings. The number of nitrogens with zero attached hydrogens (tertiary/aromatic N) is 3. The fraction of sp³-hybridized carbons (Fsp3) is 0.550. The maximum Gasteiger partial charge on any atom is 0.236 e. The van der Waals surface area contributed by atoms with Gasteiger partial charge in [0, 0.05) is 44.7 Å². The third kappa shape index (κ3) is 4.05. The molecule has 0 atom stereocenters. The van der Waals surface area contributed by atoms with Gasteiger partial charge in [-0.2, -0.15) is 0 Å². The maximum atomic E-state index is 12.4. The molecule has 1 aromatic heterocycles. The summed E-state index contributed by atoms with van der Waals surface area (Å²) in [6.07, 6.45) is 3.60. The summed E-state index contributed by atoms with van der Waals surface area (Å²) in [5.74, 6) is 1.34. The normalized spacial score (nSPS) is 20.2. The van der Waals surface area contributed by atoms with Gasteiger partial charge >= 0.3 is 0 Å². The standard InChI is InChI=1S/C20H27N3O2/c24-20(23-8-4-1-5-9-23)16-22-12-10-21(11-13-22)15-18-14-17-6-2-3-7-19(17)25-18/h2-3,6-7,14H,1,4-5,8-13,15-16H2. The van der Waals surface area contributed by atoms with Crippen molar-refractivity contribution < 1.29 is 9.21 Å². The molecule has 0 spiro atoms. The summed E-state index contributed by atoms with van der Waals surface area (Å²) in [4.78, 5) is 19.2.